The molecule has 0 nitrogen and oxygen atoms in total. The van der Waals surface area contributed by atoms with Gasteiger partial charge in [-0.15, -0.1) is 11.8 Å². The molecule has 0 bridgehead atoms. The Hall–Kier alpha value is -0.950. The second kappa shape index (κ2) is 3.02. The average molecular weight is 214 g/mol. The van der Waals surface area contributed by atoms with Crippen molar-refractivity contribution < 1.29 is 0 Å². The van der Waals surface area contributed by atoms with Crippen molar-refractivity contribution >= 4 is 11.8 Å². The standard InChI is InChI=1S/C14H14S/c1-10-6-7-11-12(9-10)15-13-5-3-4-8-14(11,13)2/h3-9,13H,1-2H3. The first-order valence-corrected chi connectivity index (χ1v) is 6.22. The molecule has 2 unspecified atom stereocenters. The van der Waals surface area contributed by atoms with Crippen LogP contribution < -0.4 is 0 Å². The van der Waals surface area contributed by atoms with Gasteiger partial charge >= 0.3 is 0 Å². The van der Waals surface area contributed by atoms with E-state index >= 15 is 0 Å². The Morgan fingerprint density at radius 3 is 3.00 bits per heavy atom. The molecule has 0 spiro atoms. The number of rotatable bonds is 0. The third kappa shape index (κ3) is 1.23. The van der Waals surface area contributed by atoms with Crippen molar-refractivity contribution in [1.29, 1.82) is 0 Å². The lowest BCUT2D eigenvalue weighted by Crippen LogP contribution is -2.28. The lowest BCUT2D eigenvalue weighted by Gasteiger charge is -2.28. The molecule has 1 heterocycles. The second-order valence-electron chi connectivity index (χ2n) is 4.56. The van der Waals surface area contributed by atoms with Gasteiger partial charge in [-0.2, -0.15) is 0 Å². The molecule has 15 heavy (non-hydrogen) atoms. The predicted octanol–water partition coefficient (Wildman–Crippen LogP) is 3.85. The number of allylic oxidation sites excluding steroid dienone is 3. The molecule has 0 fully saturated rings. The summed E-state index contributed by atoms with van der Waals surface area (Å²) in [6.45, 7) is 4.50. The highest BCUT2D eigenvalue weighted by Gasteiger charge is 2.41. The average Bonchev–Trinajstić information content (AvgIpc) is 2.49. The Morgan fingerprint density at radius 1 is 1.27 bits per heavy atom. The molecular formula is C14H14S. The molecule has 0 saturated carbocycles. The minimum absolute atomic E-state index is 0.211. The van der Waals surface area contributed by atoms with E-state index in [1.54, 1.807) is 0 Å². The van der Waals surface area contributed by atoms with E-state index in [2.05, 4.69) is 56.4 Å². The summed E-state index contributed by atoms with van der Waals surface area (Å²) in [5.41, 5.74) is 3.06. The van der Waals surface area contributed by atoms with Crippen molar-refractivity contribution in [2.45, 2.75) is 29.4 Å². The number of hydrogen-bond acceptors (Lipinski definition) is 1. The van der Waals surface area contributed by atoms with Gasteiger partial charge in [-0.3, -0.25) is 0 Å². The zero-order chi connectivity index (χ0) is 10.5. The van der Waals surface area contributed by atoms with Crippen LogP contribution in [0.15, 0.2) is 47.4 Å². The summed E-state index contributed by atoms with van der Waals surface area (Å²) < 4.78 is 0. The number of fused-ring (bicyclic) bond motifs is 3. The lowest BCUT2D eigenvalue weighted by molar-refractivity contribution is 0.620. The van der Waals surface area contributed by atoms with Gasteiger partial charge < -0.3 is 0 Å². The number of benzene rings is 1. The van der Waals surface area contributed by atoms with Crippen LogP contribution in [-0.2, 0) is 5.41 Å². The maximum Gasteiger partial charge on any atom is 0.0407 e. The molecule has 0 N–H and O–H groups in total. The molecule has 0 amide bonds. The van der Waals surface area contributed by atoms with E-state index in [9.17, 15) is 0 Å². The van der Waals surface area contributed by atoms with Gasteiger partial charge in [-0.1, -0.05) is 43.4 Å². The maximum atomic E-state index is 2.34. The number of thioether (sulfide) groups is 1. The molecule has 2 atom stereocenters. The van der Waals surface area contributed by atoms with E-state index in [1.807, 2.05) is 11.8 Å². The highest BCUT2D eigenvalue weighted by atomic mass is 32.2. The zero-order valence-corrected chi connectivity index (χ0v) is 9.84. The van der Waals surface area contributed by atoms with Crippen molar-refractivity contribution in [3.63, 3.8) is 0 Å². The third-order valence-electron chi connectivity index (χ3n) is 3.40. The van der Waals surface area contributed by atoms with Crippen molar-refractivity contribution in [2.75, 3.05) is 0 Å². The predicted molar refractivity (Wildman–Crippen MR) is 66.5 cm³/mol. The van der Waals surface area contributed by atoms with Crippen molar-refractivity contribution in [3.05, 3.63) is 53.6 Å². The molecule has 0 radical (unpaired) electrons. The number of hydrogen-bond donors (Lipinski definition) is 0. The van der Waals surface area contributed by atoms with E-state index in [0.717, 1.165) is 0 Å². The molecule has 76 valence electrons. The summed E-state index contributed by atoms with van der Waals surface area (Å²) in [6, 6.07) is 6.82. The Kier molecular flexibility index (Phi) is 1.87. The smallest absolute Gasteiger partial charge is 0.0407 e. The first-order chi connectivity index (χ1) is 7.20. The third-order valence-corrected chi connectivity index (χ3v) is 4.89. The minimum atomic E-state index is 0.211. The van der Waals surface area contributed by atoms with E-state index in [0.29, 0.717) is 5.25 Å². The maximum absolute atomic E-state index is 2.34. The van der Waals surface area contributed by atoms with Crippen molar-refractivity contribution in [1.82, 2.24) is 0 Å². The molecule has 1 aromatic rings. The fourth-order valence-corrected chi connectivity index (χ4v) is 3.99. The highest BCUT2D eigenvalue weighted by Crippen LogP contribution is 2.52. The molecule has 0 aromatic heterocycles. The van der Waals surface area contributed by atoms with Crippen LogP contribution in [-0.4, -0.2) is 5.25 Å². The fraction of sp³-hybridized carbons (Fsp3) is 0.286. The molecule has 2 aliphatic rings. The fourth-order valence-electron chi connectivity index (χ4n) is 2.43. The topological polar surface area (TPSA) is 0 Å². The van der Waals surface area contributed by atoms with Crippen LogP contribution in [0.3, 0.4) is 0 Å². The molecule has 1 aromatic carbocycles. The summed E-state index contributed by atoms with van der Waals surface area (Å²) in [4.78, 5) is 1.46. The minimum Gasteiger partial charge on any atom is -0.117 e. The van der Waals surface area contributed by atoms with E-state index < -0.39 is 0 Å². The van der Waals surface area contributed by atoms with Crippen LogP contribution in [0, 0.1) is 6.92 Å². The summed E-state index contributed by atoms with van der Waals surface area (Å²) in [6.07, 6.45) is 9.00. The van der Waals surface area contributed by atoms with E-state index in [-0.39, 0.29) is 5.41 Å². The largest absolute Gasteiger partial charge is 0.117 e. The van der Waals surface area contributed by atoms with Gasteiger partial charge in [0.1, 0.15) is 0 Å². The van der Waals surface area contributed by atoms with Crippen molar-refractivity contribution in [2.24, 2.45) is 0 Å². The second-order valence-corrected chi connectivity index (χ2v) is 5.75. The van der Waals surface area contributed by atoms with Gasteiger partial charge in [0, 0.05) is 15.6 Å². The van der Waals surface area contributed by atoms with Crippen LogP contribution in [0.1, 0.15) is 18.1 Å². The quantitative estimate of drug-likeness (QED) is 0.632. The summed E-state index contributed by atoms with van der Waals surface area (Å²) >= 11 is 2.00. The van der Waals surface area contributed by atoms with Crippen LogP contribution in [0.25, 0.3) is 0 Å². The summed E-state index contributed by atoms with van der Waals surface area (Å²) in [5, 5.41) is 0.583. The molecule has 0 saturated heterocycles. The van der Waals surface area contributed by atoms with E-state index in [1.165, 1.54) is 16.0 Å². The van der Waals surface area contributed by atoms with Gasteiger partial charge in [0.15, 0.2) is 0 Å². The Labute approximate surface area is 95.1 Å². The summed E-state index contributed by atoms with van der Waals surface area (Å²) in [5.74, 6) is 0. The Bertz CT molecular complexity index is 470. The van der Waals surface area contributed by atoms with Crippen LogP contribution in [0.2, 0.25) is 0 Å². The normalized spacial score (nSPS) is 31.5. The van der Waals surface area contributed by atoms with Gasteiger partial charge in [-0.05, 0) is 24.1 Å². The molecule has 3 rings (SSSR count). The summed E-state index contributed by atoms with van der Waals surface area (Å²) in [7, 11) is 0. The molecule has 1 aliphatic heterocycles. The van der Waals surface area contributed by atoms with Crippen LogP contribution in [0.5, 0.6) is 0 Å². The van der Waals surface area contributed by atoms with Gasteiger partial charge in [0.25, 0.3) is 0 Å². The van der Waals surface area contributed by atoms with Gasteiger partial charge in [0.05, 0.1) is 0 Å². The van der Waals surface area contributed by atoms with Gasteiger partial charge in [0.2, 0.25) is 0 Å². The Morgan fingerprint density at radius 2 is 2.13 bits per heavy atom. The first kappa shape index (κ1) is 9.29. The Balaban J connectivity index is 2.19. The lowest BCUT2D eigenvalue weighted by atomic mass is 9.77. The van der Waals surface area contributed by atoms with Gasteiger partial charge in [-0.25, -0.2) is 0 Å². The monoisotopic (exact) mass is 214 g/mol. The molecule has 1 aliphatic carbocycles. The molecule has 1 heteroatoms. The van der Waals surface area contributed by atoms with Crippen molar-refractivity contribution in [3.8, 4) is 0 Å². The number of aryl methyl sites for hydroxylation is 1. The highest BCUT2D eigenvalue weighted by molar-refractivity contribution is 8.00. The SMILES string of the molecule is Cc1ccc2c(c1)SC1C=CC=CC21C. The van der Waals surface area contributed by atoms with E-state index in [4.69, 9.17) is 0 Å². The first-order valence-electron chi connectivity index (χ1n) is 5.34. The zero-order valence-electron chi connectivity index (χ0n) is 9.03. The van der Waals surface area contributed by atoms with Crippen LogP contribution >= 0.6 is 11.8 Å². The molecular weight excluding hydrogens is 200 g/mol. The van der Waals surface area contributed by atoms with Crippen LogP contribution in [0.4, 0.5) is 0 Å².